The summed E-state index contributed by atoms with van der Waals surface area (Å²) in [6.45, 7) is -0.980. The van der Waals surface area contributed by atoms with Crippen LogP contribution in [0, 0.1) is 6.92 Å². The Balaban J connectivity index is 1.88. The van der Waals surface area contributed by atoms with Crippen molar-refractivity contribution in [3.05, 3.63) is 54.5 Å². The van der Waals surface area contributed by atoms with Crippen LogP contribution < -0.4 is 15.8 Å². The summed E-state index contributed by atoms with van der Waals surface area (Å²) >= 11 is 0. The first-order chi connectivity index (χ1) is 12.0. The van der Waals surface area contributed by atoms with Crippen molar-refractivity contribution in [1.82, 2.24) is 15.0 Å². The molecule has 3 N–H and O–H groups in total. The highest BCUT2D eigenvalue weighted by molar-refractivity contribution is 5.66. The largest absolute Gasteiger partial charge is 0.433 e. The molecule has 0 aliphatic carbocycles. The lowest BCUT2D eigenvalue weighted by molar-refractivity contribution is -0.0500. The Kier molecular flexibility index (Phi) is 4.69. The molecular formula is C17H15F2N5O. The molecule has 0 atom stereocenters. The van der Waals surface area contributed by atoms with Gasteiger partial charge in [-0.3, -0.25) is 4.98 Å². The van der Waals surface area contributed by atoms with Gasteiger partial charge in [-0.25, -0.2) is 9.97 Å². The Morgan fingerprint density at radius 3 is 2.80 bits per heavy atom. The summed E-state index contributed by atoms with van der Waals surface area (Å²) in [6, 6.07) is 8.57. The smallest absolute Gasteiger partial charge is 0.387 e. The van der Waals surface area contributed by atoms with Crippen LogP contribution >= 0.6 is 0 Å². The molecule has 2 heterocycles. The fraction of sp³-hybridized carbons (Fsp3) is 0.118. The maximum Gasteiger partial charge on any atom is 0.387 e. The number of ether oxygens (including phenoxy) is 1. The molecule has 0 aliphatic heterocycles. The van der Waals surface area contributed by atoms with Crippen LogP contribution in [0.25, 0.3) is 11.3 Å². The monoisotopic (exact) mass is 343 g/mol. The van der Waals surface area contributed by atoms with Crippen LogP contribution in [0.15, 0.2) is 48.9 Å². The summed E-state index contributed by atoms with van der Waals surface area (Å²) < 4.78 is 29.0. The Labute approximate surface area is 142 Å². The lowest BCUT2D eigenvalue weighted by Gasteiger charge is -2.10. The van der Waals surface area contributed by atoms with E-state index in [0.717, 1.165) is 11.3 Å². The second kappa shape index (κ2) is 7.08. The normalized spacial score (nSPS) is 10.7. The van der Waals surface area contributed by atoms with Crippen molar-refractivity contribution in [3.8, 4) is 17.0 Å². The Hall–Kier alpha value is -3.29. The fourth-order valence-electron chi connectivity index (χ4n) is 2.20. The van der Waals surface area contributed by atoms with Crippen LogP contribution in [0.3, 0.4) is 0 Å². The average Bonchev–Trinajstić information content (AvgIpc) is 2.58. The molecule has 2 aromatic heterocycles. The number of nitrogen functional groups attached to an aromatic ring is 1. The third-order valence-corrected chi connectivity index (χ3v) is 3.40. The summed E-state index contributed by atoms with van der Waals surface area (Å²) in [6.07, 6.45) is 4.29. The number of benzene rings is 1. The number of rotatable bonds is 5. The molecule has 0 aliphatic rings. The zero-order valence-corrected chi connectivity index (χ0v) is 13.3. The number of nitrogens with one attached hydrogen (secondary N) is 1. The SMILES string of the molecule is Cc1ccc(N)cc1Nc1nccc(-c2cncc(OC(F)F)c2)n1. The minimum atomic E-state index is -2.91. The summed E-state index contributed by atoms with van der Waals surface area (Å²) in [5, 5.41) is 3.10. The van der Waals surface area contributed by atoms with Gasteiger partial charge in [-0.1, -0.05) is 6.07 Å². The van der Waals surface area contributed by atoms with E-state index in [1.54, 1.807) is 24.4 Å². The Bertz CT molecular complexity index is 888. The quantitative estimate of drug-likeness (QED) is 0.686. The number of alkyl halides is 2. The Morgan fingerprint density at radius 2 is 2.00 bits per heavy atom. The lowest BCUT2D eigenvalue weighted by Crippen LogP contribution is -2.03. The molecule has 1 aromatic carbocycles. The van der Waals surface area contributed by atoms with Crippen molar-refractivity contribution in [1.29, 1.82) is 0 Å². The van der Waals surface area contributed by atoms with Crippen molar-refractivity contribution in [2.75, 3.05) is 11.1 Å². The number of nitrogens with two attached hydrogens (primary N) is 1. The minimum Gasteiger partial charge on any atom is -0.433 e. The molecule has 3 rings (SSSR count). The number of aromatic nitrogens is 3. The van der Waals surface area contributed by atoms with E-state index in [2.05, 4.69) is 25.0 Å². The van der Waals surface area contributed by atoms with Crippen LogP contribution in [0.4, 0.5) is 26.1 Å². The van der Waals surface area contributed by atoms with Crippen LogP contribution in [0.2, 0.25) is 0 Å². The van der Waals surface area contributed by atoms with Crippen molar-refractivity contribution in [2.24, 2.45) is 0 Å². The number of hydrogen-bond donors (Lipinski definition) is 2. The molecule has 0 unspecified atom stereocenters. The van der Waals surface area contributed by atoms with Crippen molar-refractivity contribution in [2.45, 2.75) is 13.5 Å². The lowest BCUT2D eigenvalue weighted by atomic mass is 10.2. The number of halogens is 2. The second-order valence-corrected chi connectivity index (χ2v) is 5.25. The number of nitrogens with zero attached hydrogens (tertiary/aromatic N) is 3. The van der Waals surface area contributed by atoms with Gasteiger partial charge in [0.25, 0.3) is 0 Å². The van der Waals surface area contributed by atoms with Crippen molar-refractivity contribution < 1.29 is 13.5 Å². The number of pyridine rings is 1. The van der Waals surface area contributed by atoms with E-state index in [-0.39, 0.29) is 5.75 Å². The molecule has 0 amide bonds. The standard InChI is InChI=1S/C17H15F2N5O/c1-10-2-3-12(20)7-15(10)24-17-22-5-4-14(23-17)11-6-13(9-21-8-11)25-16(18)19/h2-9,16H,20H2,1H3,(H,22,23,24). The highest BCUT2D eigenvalue weighted by atomic mass is 19.3. The van der Waals surface area contributed by atoms with Gasteiger partial charge in [-0.05, 0) is 36.8 Å². The highest BCUT2D eigenvalue weighted by Gasteiger charge is 2.09. The summed E-state index contributed by atoms with van der Waals surface area (Å²) in [5.41, 5.74) is 9.23. The van der Waals surface area contributed by atoms with Crippen LogP contribution in [-0.4, -0.2) is 21.6 Å². The van der Waals surface area contributed by atoms with Gasteiger partial charge < -0.3 is 15.8 Å². The Morgan fingerprint density at radius 1 is 1.16 bits per heavy atom. The van der Waals surface area contributed by atoms with Gasteiger partial charge in [0.2, 0.25) is 5.95 Å². The van der Waals surface area contributed by atoms with Gasteiger partial charge in [0, 0.05) is 29.3 Å². The van der Waals surface area contributed by atoms with E-state index in [9.17, 15) is 8.78 Å². The average molecular weight is 343 g/mol. The first-order valence-corrected chi connectivity index (χ1v) is 7.38. The minimum absolute atomic E-state index is 0.0349. The zero-order chi connectivity index (χ0) is 17.8. The maximum absolute atomic E-state index is 12.3. The topological polar surface area (TPSA) is 86.0 Å². The molecule has 8 heteroatoms. The van der Waals surface area contributed by atoms with E-state index >= 15 is 0 Å². The van der Waals surface area contributed by atoms with Crippen molar-refractivity contribution in [3.63, 3.8) is 0 Å². The molecular weight excluding hydrogens is 328 g/mol. The van der Waals surface area contributed by atoms with Gasteiger partial charge in [-0.2, -0.15) is 8.78 Å². The number of hydrogen-bond acceptors (Lipinski definition) is 6. The van der Waals surface area contributed by atoms with E-state index in [0.29, 0.717) is 22.9 Å². The predicted molar refractivity (Wildman–Crippen MR) is 90.8 cm³/mol. The first-order valence-electron chi connectivity index (χ1n) is 7.38. The van der Waals surface area contributed by atoms with E-state index < -0.39 is 6.61 Å². The second-order valence-electron chi connectivity index (χ2n) is 5.25. The van der Waals surface area contributed by atoms with Crippen LogP contribution in [0.5, 0.6) is 5.75 Å². The van der Waals surface area contributed by atoms with E-state index in [4.69, 9.17) is 5.73 Å². The molecule has 25 heavy (non-hydrogen) atoms. The maximum atomic E-state index is 12.3. The first kappa shape index (κ1) is 16.6. The van der Waals surface area contributed by atoms with Gasteiger partial charge in [0.15, 0.2) is 0 Å². The van der Waals surface area contributed by atoms with Gasteiger partial charge >= 0.3 is 6.61 Å². The van der Waals surface area contributed by atoms with Crippen molar-refractivity contribution >= 4 is 17.3 Å². The van der Waals surface area contributed by atoms with Gasteiger partial charge in [-0.15, -0.1) is 0 Å². The third-order valence-electron chi connectivity index (χ3n) is 3.40. The van der Waals surface area contributed by atoms with E-state index in [1.807, 2.05) is 13.0 Å². The van der Waals surface area contributed by atoms with Crippen LogP contribution in [0.1, 0.15) is 5.56 Å². The highest BCUT2D eigenvalue weighted by Crippen LogP contribution is 2.25. The van der Waals surface area contributed by atoms with Crippen LogP contribution in [-0.2, 0) is 0 Å². The summed E-state index contributed by atoms with van der Waals surface area (Å²) in [7, 11) is 0. The molecule has 0 spiro atoms. The summed E-state index contributed by atoms with van der Waals surface area (Å²) in [4.78, 5) is 12.4. The molecule has 0 bridgehead atoms. The molecule has 0 radical (unpaired) electrons. The molecule has 128 valence electrons. The van der Waals surface area contributed by atoms with E-state index in [1.165, 1.54) is 18.5 Å². The molecule has 0 fully saturated rings. The molecule has 0 saturated heterocycles. The third kappa shape index (κ3) is 4.17. The fourth-order valence-corrected chi connectivity index (χ4v) is 2.20. The molecule has 0 saturated carbocycles. The molecule has 6 nitrogen and oxygen atoms in total. The van der Waals surface area contributed by atoms with Gasteiger partial charge in [0.05, 0.1) is 11.9 Å². The predicted octanol–water partition coefficient (Wildman–Crippen LogP) is 3.77. The van der Waals surface area contributed by atoms with Gasteiger partial charge in [0.1, 0.15) is 5.75 Å². The molecule has 3 aromatic rings. The number of anilines is 3. The summed E-state index contributed by atoms with van der Waals surface area (Å²) in [5.74, 6) is 0.318. The number of aryl methyl sites for hydroxylation is 1. The zero-order valence-electron chi connectivity index (χ0n) is 13.3.